The Balaban J connectivity index is 2.04. The maximum absolute atomic E-state index is 15.3. The summed E-state index contributed by atoms with van der Waals surface area (Å²) in [5, 5.41) is 0. The Morgan fingerprint density at radius 1 is 1.17 bits per heavy atom. The molecular weight excluding hydrogens is 386 g/mol. The maximum atomic E-state index is 15.3. The Bertz CT molecular complexity index is 565. The molecule has 0 unspecified atom stereocenters. The number of Topliss-reactive ketones (excluding diaryl/α,β-unsaturated/α-hetero) is 1. The van der Waals surface area contributed by atoms with Crippen molar-refractivity contribution in [3.8, 4) is 0 Å². The molecule has 2 nitrogen and oxygen atoms in total. The molecule has 4 atom stereocenters. The first-order valence-electron chi connectivity index (χ1n) is 12.0. The monoisotopic (exact) mass is 430 g/mol. The van der Waals surface area contributed by atoms with Gasteiger partial charge in [-0.05, 0) is 81.3 Å². The van der Waals surface area contributed by atoms with Crippen LogP contribution < -0.4 is 0 Å². The molecule has 0 aromatic carbocycles. The molecule has 2 rings (SSSR count). The van der Waals surface area contributed by atoms with Gasteiger partial charge in [0.05, 0.1) is 0 Å². The summed E-state index contributed by atoms with van der Waals surface area (Å²) in [5.41, 5.74) is -1.41. The third kappa shape index (κ3) is 4.81. The van der Waals surface area contributed by atoms with E-state index in [2.05, 4.69) is 34.6 Å². The second-order valence-electron chi connectivity index (χ2n) is 10.6. The van der Waals surface area contributed by atoms with Gasteiger partial charge in [-0.15, -0.1) is 0 Å². The molecule has 0 bridgehead atoms. The predicted molar refractivity (Wildman–Crippen MR) is 119 cm³/mol. The highest BCUT2D eigenvalue weighted by Crippen LogP contribution is 2.57. The summed E-state index contributed by atoms with van der Waals surface area (Å²) in [6.45, 7) is 13.8. The topological polar surface area (TPSA) is 26.3 Å². The Morgan fingerprint density at radius 2 is 1.76 bits per heavy atom. The van der Waals surface area contributed by atoms with Crippen LogP contribution in [0.3, 0.4) is 0 Å². The van der Waals surface area contributed by atoms with Gasteiger partial charge in [0.1, 0.15) is 11.4 Å². The SMILES string of the molecule is CC[Si](CC)(CC)OC(C)(C)C(F)(F)CC[C@@H](C)[C@H]1CC[C@H]2C(=O)CCC[C@]12C. The van der Waals surface area contributed by atoms with E-state index in [9.17, 15) is 4.79 Å². The molecule has 0 aliphatic heterocycles. The van der Waals surface area contributed by atoms with Gasteiger partial charge >= 0.3 is 0 Å². The van der Waals surface area contributed by atoms with Crippen molar-refractivity contribution in [3.05, 3.63) is 0 Å². The molecule has 2 saturated carbocycles. The van der Waals surface area contributed by atoms with Gasteiger partial charge in [-0.1, -0.05) is 34.6 Å². The summed E-state index contributed by atoms with van der Waals surface area (Å²) in [5.74, 6) is -1.68. The standard InChI is InChI=1S/C24H44F2O2Si/c1-8-29(9-2,10-3)28-22(5,6)24(25,26)17-15-18(4)19-13-14-20-21(27)12-11-16-23(19,20)7/h18-20H,8-17H2,1-7H3/t18-,19-,20+,23-/m1/s1. The van der Waals surface area contributed by atoms with Crippen LogP contribution in [0.2, 0.25) is 18.1 Å². The molecule has 170 valence electrons. The third-order valence-corrected chi connectivity index (χ3v) is 13.6. The lowest BCUT2D eigenvalue weighted by Gasteiger charge is -2.44. The Morgan fingerprint density at radius 3 is 2.31 bits per heavy atom. The minimum Gasteiger partial charge on any atom is -0.406 e. The van der Waals surface area contributed by atoms with Crippen molar-refractivity contribution in [2.75, 3.05) is 0 Å². The van der Waals surface area contributed by atoms with Gasteiger partial charge < -0.3 is 4.43 Å². The highest BCUT2D eigenvalue weighted by atomic mass is 28.4. The molecule has 0 saturated heterocycles. The molecule has 2 aliphatic carbocycles. The van der Waals surface area contributed by atoms with Gasteiger partial charge in [-0.2, -0.15) is 0 Å². The van der Waals surface area contributed by atoms with E-state index in [4.69, 9.17) is 4.43 Å². The fourth-order valence-corrected chi connectivity index (χ4v) is 9.56. The molecule has 0 aromatic heterocycles. The van der Waals surface area contributed by atoms with Crippen molar-refractivity contribution < 1.29 is 18.0 Å². The Labute approximate surface area is 178 Å². The van der Waals surface area contributed by atoms with Crippen molar-refractivity contribution in [3.63, 3.8) is 0 Å². The summed E-state index contributed by atoms with van der Waals surface area (Å²) in [7, 11) is -2.10. The molecule has 0 spiro atoms. The molecule has 0 heterocycles. The average Bonchev–Trinajstić information content (AvgIpc) is 3.02. The normalized spacial score (nSPS) is 29.8. The summed E-state index contributed by atoms with van der Waals surface area (Å²) in [6.07, 6.45) is 5.08. The van der Waals surface area contributed by atoms with Crippen molar-refractivity contribution in [2.45, 2.75) is 123 Å². The number of hydrogen-bond acceptors (Lipinski definition) is 2. The fourth-order valence-electron chi connectivity index (χ4n) is 6.40. The Kier molecular flexibility index (Phi) is 7.80. The zero-order valence-electron chi connectivity index (χ0n) is 19.9. The van der Waals surface area contributed by atoms with E-state index in [-0.39, 0.29) is 23.7 Å². The van der Waals surface area contributed by atoms with Gasteiger partial charge in [-0.25, -0.2) is 8.78 Å². The Hall–Kier alpha value is -0.293. The third-order valence-electron chi connectivity index (χ3n) is 8.82. The van der Waals surface area contributed by atoms with Gasteiger partial charge in [0.2, 0.25) is 0 Å². The molecule has 0 aromatic rings. The number of ketones is 1. The average molecular weight is 431 g/mol. The summed E-state index contributed by atoms with van der Waals surface area (Å²) in [4.78, 5) is 12.4. The zero-order chi connectivity index (χ0) is 22.1. The van der Waals surface area contributed by atoms with Crippen molar-refractivity contribution >= 4 is 14.1 Å². The lowest BCUT2D eigenvalue weighted by atomic mass is 9.62. The minimum absolute atomic E-state index is 0.0186. The predicted octanol–water partition coefficient (Wildman–Crippen LogP) is 7.62. The summed E-state index contributed by atoms with van der Waals surface area (Å²) < 4.78 is 36.9. The first-order chi connectivity index (χ1) is 13.4. The molecular formula is C24H44F2O2Si. The minimum atomic E-state index is -2.85. The van der Waals surface area contributed by atoms with E-state index >= 15 is 8.78 Å². The lowest BCUT2D eigenvalue weighted by molar-refractivity contribution is -0.159. The van der Waals surface area contributed by atoms with Crippen LogP contribution in [0.5, 0.6) is 0 Å². The van der Waals surface area contributed by atoms with Gasteiger partial charge in [-0.3, -0.25) is 4.79 Å². The van der Waals surface area contributed by atoms with Crippen LogP contribution in [0.15, 0.2) is 0 Å². The molecule has 2 aliphatic rings. The number of carbonyl (C=O) groups is 1. The van der Waals surface area contributed by atoms with Crippen molar-refractivity contribution in [1.82, 2.24) is 0 Å². The number of hydrogen-bond donors (Lipinski definition) is 0. The van der Waals surface area contributed by atoms with Crippen molar-refractivity contribution in [1.29, 1.82) is 0 Å². The van der Waals surface area contributed by atoms with Crippen LogP contribution in [0.1, 0.15) is 93.4 Å². The van der Waals surface area contributed by atoms with E-state index in [0.29, 0.717) is 24.5 Å². The molecule has 29 heavy (non-hydrogen) atoms. The number of fused-ring (bicyclic) bond motifs is 1. The zero-order valence-corrected chi connectivity index (χ0v) is 20.9. The van der Waals surface area contributed by atoms with Gasteiger partial charge in [0.15, 0.2) is 8.32 Å². The second-order valence-corrected chi connectivity index (χ2v) is 15.3. The molecule has 5 heteroatoms. The highest BCUT2D eigenvalue weighted by molar-refractivity contribution is 6.73. The van der Waals surface area contributed by atoms with Crippen LogP contribution in [0.25, 0.3) is 0 Å². The quantitative estimate of drug-likeness (QED) is 0.333. The smallest absolute Gasteiger partial charge is 0.274 e. The first-order valence-corrected chi connectivity index (χ1v) is 14.5. The number of halogens is 2. The largest absolute Gasteiger partial charge is 0.406 e. The molecule has 2 fully saturated rings. The van der Waals surface area contributed by atoms with E-state index < -0.39 is 19.8 Å². The lowest BCUT2D eigenvalue weighted by Crippen LogP contribution is -2.53. The number of alkyl halides is 2. The number of rotatable bonds is 10. The van der Waals surface area contributed by atoms with Crippen LogP contribution in [0.4, 0.5) is 8.78 Å². The first kappa shape index (κ1) is 25.0. The fraction of sp³-hybridized carbons (Fsp3) is 0.958. The van der Waals surface area contributed by atoms with Crippen LogP contribution in [0, 0.1) is 23.2 Å². The second kappa shape index (κ2) is 9.06. The van der Waals surface area contributed by atoms with Crippen LogP contribution in [-0.2, 0) is 9.22 Å². The number of carbonyl (C=O) groups excluding carboxylic acids is 1. The molecule has 0 N–H and O–H groups in total. The van der Waals surface area contributed by atoms with Gasteiger partial charge in [0, 0.05) is 18.8 Å². The summed E-state index contributed by atoms with van der Waals surface area (Å²) >= 11 is 0. The van der Waals surface area contributed by atoms with E-state index in [1.165, 1.54) is 0 Å². The molecule has 0 amide bonds. The van der Waals surface area contributed by atoms with E-state index in [1.54, 1.807) is 13.8 Å². The van der Waals surface area contributed by atoms with Crippen molar-refractivity contribution in [2.24, 2.45) is 23.2 Å². The maximum Gasteiger partial charge on any atom is 0.274 e. The van der Waals surface area contributed by atoms with E-state index in [0.717, 1.165) is 43.8 Å². The summed E-state index contributed by atoms with van der Waals surface area (Å²) in [6, 6.07) is 2.64. The van der Waals surface area contributed by atoms with E-state index in [1.807, 2.05) is 0 Å². The highest BCUT2D eigenvalue weighted by Gasteiger charge is 2.54. The molecule has 0 radical (unpaired) electrons. The van der Waals surface area contributed by atoms with Crippen LogP contribution >= 0.6 is 0 Å². The van der Waals surface area contributed by atoms with Gasteiger partial charge in [0.25, 0.3) is 5.92 Å². The van der Waals surface area contributed by atoms with Crippen LogP contribution in [-0.4, -0.2) is 25.6 Å².